The molecule has 5 unspecified atom stereocenters. The van der Waals surface area contributed by atoms with Gasteiger partial charge in [-0.3, -0.25) is 0 Å². The highest BCUT2D eigenvalue weighted by molar-refractivity contribution is 5.90. The summed E-state index contributed by atoms with van der Waals surface area (Å²) >= 11 is 0. The summed E-state index contributed by atoms with van der Waals surface area (Å²) in [5.41, 5.74) is 4.98. The number of allylic oxidation sites excluding steroid dienone is 1. The molecule has 2 aromatic rings. The molecule has 0 saturated heterocycles. The summed E-state index contributed by atoms with van der Waals surface area (Å²) < 4.78 is 0. The highest BCUT2D eigenvalue weighted by Crippen LogP contribution is 2.49. The summed E-state index contributed by atoms with van der Waals surface area (Å²) in [5, 5.41) is 26.9. The minimum atomic E-state index is -1.48. The van der Waals surface area contributed by atoms with Gasteiger partial charge in [-0.15, -0.1) is 6.10 Å². The van der Waals surface area contributed by atoms with Crippen LogP contribution < -0.4 is 20.0 Å². The Morgan fingerprint density at radius 1 is 0.912 bits per heavy atom. The molecule has 5 nitrogen and oxygen atoms in total. The van der Waals surface area contributed by atoms with Crippen molar-refractivity contribution in [1.29, 1.82) is 0 Å². The van der Waals surface area contributed by atoms with Gasteiger partial charge >= 0.3 is 0 Å². The van der Waals surface area contributed by atoms with Crippen LogP contribution in [0.3, 0.4) is 0 Å². The Balaban J connectivity index is 1.44. The molecule has 180 valence electrons. The Morgan fingerprint density at radius 2 is 1.50 bits per heavy atom. The molecule has 1 fully saturated rings. The molecule has 2 aliphatic heterocycles. The van der Waals surface area contributed by atoms with Crippen LogP contribution in [-0.4, -0.2) is 38.1 Å². The number of hydrogen-bond donors (Lipinski definition) is 0. The van der Waals surface area contributed by atoms with Crippen molar-refractivity contribution in [3.8, 4) is 0 Å². The van der Waals surface area contributed by atoms with E-state index in [1.54, 1.807) is 0 Å². The number of anilines is 2. The van der Waals surface area contributed by atoms with E-state index in [1.807, 2.05) is 44.4 Å². The Labute approximate surface area is 202 Å². The highest BCUT2D eigenvalue weighted by atomic mass is 16.3. The fourth-order valence-electron chi connectivity index (χ4n) is 6.78. The molecule has 2 aromatic carbocycles. The van der Waals surface area contributed by atoms with Gasteiger partial charge in [0.1, 0.15) is 5.78 Å². The van der Waals surface area contributed by atoms with Gasteiger partial charge in [0.05, 0.1) is 0 Å². The van der Waals surface area contributed by atoms with Gasteiger partial charge in [0, 0.05) is 54.0 Å². The number of ketones is 1. The number of nitrogens with zero attached hydrogens (tertiary/aromatic N) is 2. The number of fused-ring (bicyclic) bond motifs is 2. The lowest BCUT2D eigenvalue weighted by molar-refractivity contribution is -0.464. The lowest BCUT2D eigenvalue weighted by atomic mass is 9.76. The molecule has 5 atom stereocenters. The second kappa shape index (κ2) is 7.69. The smallest absolute Gasteiger partial charge is 0.125 e. The van der Waals surface area contributed by atoms with E-state index in [9.17, 15) is 15.0 Å². The number of carbonyl (C=O) groups excluding carboxylic acids is 1. The van der Waals surface area contributed by atoms with Crippen LogP contribution in [0.4, 0.5) is 11.4 Å². The van der Waals surface area contributed by atoms with Crippen LogP contribution in [0.15, 0.2) is 60.3 Å². The maximum Gasteiger partial charge on any atom is 0.125 e. The molecular formula is C29H34N2O3-2. The minimum Gasteiger partial charge on any atom is -0.851 e. The van der Waals surface area contributed by atoms with Crippen LogP contribution in [0.5, 0.6) is 0 Å². The van der Waals surface area contributed by atoms with E-state index in [-0.39, 0.29) is 16.9 Å². The van der Waals surface area contributed by atoms with Gasteiger partial charge in [-0.25, -0.2) is 0 Å². The number of hydrogen-bond acceptors (Lipinski definition) is 5. The summed E-state index contributed by atoms with van der Waals surface area (Å²) in [4.78, 5) is 17.4. The van der Waals surface area contributed by atoms with Crippen LogP contribution in [0.1, 0.15) is 45.2 Å². The fraction of sp³-hybridized carbons (Fsp3) is 0.483. The minimum absolute atomic E-state index is 0.00291. The Hall–Kier alpha value is -2.63. The summed E-state index contributed by atoms with van der Waals surface area (Å²) in [6, 6.07) is 16.4. The van der Waals surface area contributed by atoms with Gasteiger partial charge in [0.2, 0.25) is 0 Å². The topological polar surface area (TPSA) is 69.7 Å². The van der Waals surface area contributed by atoms with Crippen LogP contribution in [0.25, 0.3) is 0 Å². The summed E-state index contributed by atoms with van der Waals surface area (Å²) in [5.74, 6) is -2.07. The summed E-state index contributed by atoms with van der Waals surface area (Å²) in [6.45, 7) is 8.56. The third kappa shape index (κ3) is 3.10. The Kier molecular flexibility index (Phi) is 5.23. The maximum atomic E-state index is 13.7. The standard InChI is InChI=1S/C29H34N2O3/c1-28(2)19-11-7-9-13-21(19)30(5)23(28)15-17-25(32)18(27(34)26(17)33)16-24-29(3,4)20-12-8-10-14-22(20)31(24)6/h7-15,17-18,24-25,27H,16H2,1-6H3/q-2. The predicted octanol–water partition coefficient (Wildman–Crippen LogP) is 2.76. The third-order valence-electron chi connectivity index (χ3n) is 8.83. The van der Waals surface area contributed by atoms with Crippen molar-refractivity contribution in [1.82, 2.24) is 0 Å². The molecule has 0 bridgehead atoms. The van der Waals surface area contributed by atoms with Gasteiger partial charge in [0.25, 0.3) is 0 Å². The number of likely N-dealkylation sites (N-methyl/N-ethyl adjacent to an activating group) is 2. The second-order valence-electron chi connectivity index (χ2n) is 11.3. The Morgan fingerprint density at radius 3 is 2.12 bits per heavy atom. The van der Waals surface area contributed by atoms with E-state index in [1.165, 1.54) is 11.1 Å². The van der Waals surface area contributed by atoms with Gasteiger partial charge in [-0.1, -0.05) is 82.2 Å². The lowest BCUT2D eigenvalue weighted by Crippen LogP contribution is -2.48. The number of para-hydroxylation sites is 2. The van der Waals surface area contributed by atoms with Crippen molar-refractivity contribution < 1.29 is 15.0 Å². The quantitative estimate of drug-likeness (QED) is 0.708. The van der Waals surface area contributed by atoms with Crippen LogP contribution in [0.2, 0.25) is 0 Å². The van der Waals surface area contributed by atoms with Crippen molar-refractivity contribution in [3.63, 3.8) is 0 Å². The van der Waals surface area contributed by atoms with Crippen molar-refractivity contribution in [2.45, 2.75) is 63.2 Å². The first-order valence-corrected chi connectivity index (χ1v) is 12.2. The SMILES string of the molecule is CN1C(=CC2C(=O)C([O-])C(CC3N(C)c4ccccc4C3(C)C)C2[O-])C(C)(C)c2ccccc21. The van der Waals surface area contributed by atoms with E-state index in [2.05, 4.69) is 61.8 Å². The van der Waals surface area contributed by atoms with E-state index in [0.717, 1.165) is 17.1 Å². The summed E-state index contributed by atoms with van der Waals surface area (Å²) in [6.07, 6.45) is -0.480. The zero-order chi connectivity index (χ0) is 24.6. The first-order valence-electron chi connectivity index (χ1n) is 12.2. The first kappa shape index (κ1) is 23.1. The molecule has 0 spiro atoms. The molecule has 2 heterocycles. The predicted molar refractivity (Wildman–Crippen MR) is 132 cm³/mol. The number of benzene rings is 2. The number of carbonyl (C=O) groups is 1. The molecule has 5 heteroatoms. The zero-order valence-electron chi connectivity index (χ0n) is 20.9. The van der Waals surface area contributed by atoms with Crippen molar-refractivity contribution in [3.05, 3.63) is 71.4 Å². The van der Waals surface area contributed by atoms with Crippen LogP contribution >= 0.6 is 0 Å². The lowest BCUT2D eigenvalue weighted by Gasteiger charge is -2.40. The van der Waals surface area contributed by atoms with Crippen molar-refractivity contribution >= 4 is 17.2 Å². The molecule has 0 aromatic heterocycles. The zero-order valence-corrected chi connectivity index (χ0v) is 20.9. The molecule has 0 amide bonds. The largest absolute Gasteiger partial charge is 0.851 e. The summed E-state index contributed by atoms with van der Waals surface area (Å²) in [7, 11) is 4.00. The monoisotopic (exact) mass is 458 g/mol. The van der Waals surface area contributed by atoms with Gasteiger partial charge in [-0.05, 0) is 29.7 Å². The van der Waals surface area contributed by atoms with E-state index < -0.39 is 29.8 Å². The van der Waals surface area contributed by atoms with Gasteiger partial charge in [0.15, 0.2) is 0 Å². The number of rotatable bonds is 3. The molecule has 1 aliphatic carbocycles. The average molecular weight is 459 g/mol. The van der Waals surface area contributed by atoms with E-state index >= 15 is 0 Å². The number of Topliss-reactive ketones (excluding diaryl/α,β-unsaturated/α-hetero) is 1. The molecule has 0 N–H and O–H groups in total. The third-order valence-corrected chi connectivity index (χ3v) is 8.83. The molecule has 5 rings (SSSR count). The molecule has 34 heavy (non-hydrogen) atoms. The second-order valence-corrected chi connectivity index (χ2v) is 11.3. The van der Waals surface area contributed by atoms with Crippen molar-refractivity contribution in [2.75, 3.05) is 23.9 Å². The normalized spacial score (nSPS) is 32.4. The van der Waals surface area contributed by atoms with Gasteiger partial charge in [-0.2, -0.15) is 0 Å². The van der Waals surface area contributed by atoms with E-state index in [4.69, 9.17) is 0 Å². The van der Waals surface area contributed by atoms with E-state index in [0.29, 0.717) is 6.42 Å². The first-order chi connectivity index (χ1) is 16.0. The Bertz CT molecular complexity index is 1170. The van der Waals surface area contributed by atoms with Crippen LogP contribution in [-0.2, 0) is 15.6 Å². The maximum absolute atomic E-state index is 13.7. The molecular weight excluding hydrogens is 424 g/mol. The van der Waals surface area contributed by atoms with Gasteiger partial charge < -0.3 is 24.8 Å². The average Bonchev–Trinajstić information content (AvgIpc) is 3.22. The van der Waals surface area contributed by atoms with Crippen molar-refractivity contribution in [2.24, 2.45) is 11.8 Å². The molecule has 0 radical (unpaired) electrons. The fourth-order valence-corrected chi connectivity index (χ4v) is 6.78. The molecule has 3 aliphatic rings. The van der Waals surface area contributed by atoms with Crippen LogP contribution in [0, 0.1) is 11.8 Å². The molecule has 1 saturated carbocycles. The highest BCUT2D eigenvalue weighted by Gasteiger charge is 2.47.